The third kappa shape index (κ3) is 3.97. The van der Waals surface area contributed by atoms with Crippen molar-refractivity contribution in [1.29, 1.82) is 0 Å². The van der Waals surface area contributed by atoms with Crippen molar-refractivity contribution >= 4 is 23.5 Å². The summed E-state index contributed by atoms with van der Waals surface area (Å²) in [5.74, 6) is -4.96. The molecule has 0 spiro atoms. The van der Waals surface area contributed by atoms with E-state index in [2.05, 4.69) is 0 Å². The number of fused-ring (bicyclic) bond motifs is 5. The first-order valence-corrected chi connectivity index (χ1v) is 12.1. The van der Waals surface area contributed by atoms with Gasteiger partial charge in [-0.2, -0.15) is 0 Å². The Labute approximate surface area is 231 Å². The molecule has 8 nitrogen and oxygen atoms in total. The van der Waals surface area contributed by atoms with Crippen LogP contribution < -0.4 is 34.7 Å². The molecule has 10 heteroatoms. The topological polar surface area (TPSA) is 141 Å². The number of hydrogen-bond acceptors (Lipinski definition) is 8. The van der Waals surface area contributed by atoms with Gasteiger partial charge in [-0.3, -0.25) is 14.4 Å². The molecular weight excluding hydrogens is 482 g/mol. The predicted octanol–water partition coefficient (Wildman–Crippen LogP) is -2.02. The maximum absolute atomic E-state index is 17.1. The smallest absolute Gasteiger partial charge is 0.550 e. The van der Waals surface area contributed by atoms with Gasteiger partial charge in [0.05, 0.1) is 12.5 Å². The fourth-order valence-corrected chi connectivity index (χ4v) is 7.67. The number of aliphatic carboxylic acids is 1. The average molecular weight is 515 g/mol. The third-order valence-corrected chi connectivity index (χ3v) is 9.55. The van der Waals surface area contributed by atoms with Crippen molar-refractivity contribution in [2.75, 3.05) is 6.61 Å². The molecule has 0 unspecified atom stereocenters. The van der Waals surface area contributed by atoms with Gasteiger partial charge in [0.15, 0.2) is 18.1 Å². The van der Waals surface area contributed by atoms with Gasteiger partial charge in [-0.25, -0.2) is 4.39 Å². The Morgan fingerprint density at radius 3 is 2.53 bits per heavy atom. The van der Waals surface area contributed by atoms with Crippen molar-refractivity contribution in [3.05, 3.63) is 23.8 Å². The maximum atomic E-state index is 17.1. The summed E-state index contributed by atoms with van der Waals surface area (Å²) in [6.45, 7) is 4.34. The van der Waals surface area contributed by atoms with Gasteiger partial charge in [0.1, 0.15) is 5.60 Å². The summed E-state index contributed by atoms with van der Waals surface area (Å²) in [4.78, 5) is 47.6. The van der Waals surface area contributed by atoms with Crippen LogP contribution in [0.5, 0.6) is 0 Å². The second-order valence-electron chi connectivity index (χ2n) is 11.1. The standard InChI is InChI=1S/C26H33FO8.Na/c1-14-10-18-17-5-4-15-11-16(28)8-9-23(15,2)25(17,27)19(29)12-24(18,3)26(14,34)20(30)13-35-22(33)7-6-21(31)32;/h8-9,11,14,17-19,29,34H,4-7,10,12-13H2,1-3H3,(H,31,32);/q;+1/p-1/t14-,17-,18-,19-,23-,24-,25-,26-;/m0./s1. The molecule has 0 heterocycles. The van der Waals surface area contributed by atoms with Crippen molar-refractivity contribution in [2.45, 2.75) is 76.7 Å². The monoisotopic (exact) mass is 514 g/mol. The number of halogens is 1. The molecule has 4 aliphatic rings. The fourth-order valence-electron chi connectivity index (χ4n) is 7.67. The van der Waals surface area contributed by atoms with E-state index in [0.717, 1.165) is 0 Å². The van der Waals surface area contributed by atoms with E-state index in [9.17, 15) is 34.5 Å². The molecule has 36 heavy (non-hydrogen) atoms. The van der Waals surface area contributed by atoms with E-state index in [4.69, 9.17) is 4.74 Å². The quantitative estimate of drug-likeness (QED) is 0.306. The normalized spacial score (nSPS) is 42.8. The number of esters is 1. The number of carboxylic acid groups (broad SMARTS) is 1. The molecule has 3 saturated carbocycles. The first-order chi connectivity index (χ1) is 16.2. The van der Waals surface area contributed by atoms with E-state index >= 15 is 4.39 Å². The van der Waals surface area contributed by atoms with E-state index in [1.807, 2.05) is 0 Å². The van der Waals surface area contributed by atoms with Crippen LogP contribution in [0.25, 0.3) is 0 Å². The van der Waals surface area contributed by atoms with Crippen molar-refractivity contribution in [1.82, 2.24) is 0 Å². The van der Waals surface area contributed by atoms with Gasteiger partial charge in [-0.05, 0) is 63.0 Å². The number of carboxylic acids is 1. The maximum Gasteiger partial charge on any atom is 1.00 e. The zero-order valence-corrected chi connectivity index (χ0v) is 23.2. The van der Waals surface area contributed by atoms with Crippen LogP contribution in [0, 0.1) is 28.6 Å². The average Bonchev–Trinajstić information content (AvgIpc) is 2.99. The molecule has 0 aromatic heterocycles. The van der Waals surface area contributed by atoms with E-state index < -0.39 is 83.1 Å². The molecule has 0 bridgehead atoms. The predicted molar refractivity (Wildman–Crippen MR) is 118 cm³/mol. The summed E-state index contributed by atoms with van der Waals surface area (Å²) in [7, 11) is 0. The summed E-state index contributed by atoms with van der Waals surface area (Å²) in [5, 5.41) is 33.6. The minimum Gasteiger partial charge on any atom is -0.550 e. The number of Topliss-reactive ketones (excluding diaryl/α,β-unsaturated/α-hetero) is 1. The SMILES string of the molecule is C[C@H]1C[C@H]2[C@@H]3CCC4=CC(=O)C=C[C@]4(C)[C@@]3(F)[C@@H](O)C[C@]2(C)[C@@]1(O)C(=O)COC(=O)CCC(=O)[O-].[Na+]. The Balaban J connectivity index is 0.00000361. The number of rotatable bonds is 6. The van der Waals surface area contributed by atoms with Crippen LogP contribution in [0.4, 0.5) is 4.39 Å². The molecule has 192 valence electrons. The van der Waals surface area contributed by atoms with Gasteiger partial charge in [0.25, 0.3) is 0 Å². The van der Waals surface area contributed by atoms with Gasteiger partial charge in [-0.15, -0.1) is 0 Å². The molecule has 0 amide bonds. The van der Waals surface area contributed by atoms with Crippen LogP contribution in [0.3, 0.4) is 0 Å². The molecule has 8 atom stereocenters. The summed E-state index contributed by atoms with van der Waals surface area (Å²) < 4.78 is 22.0. The van der Waals surface area contributed by atoms with Crippen LogP contribution in [0.15, 0.2) is 23.8 Å². The van der Waals surface area contributed by atoms with Gasteiger partial charge < -0.3 is 24.9 Å². The molecular formula is C26H32FNaO8. The molecule has 3 fully saturated rings. The van der Waals surface area contributed by atoms with Crippen LogP contribution in [0.1, 0.15) is 59.3 Å². The van der Waals surface area contributed by atoms with E-state index in [-0.39, 0.29) is 41.8 Å². The summed E-state index contributed by atoms with van der Waals surface area (Å²) in [6, 6.07) is 0. The van der Waals surface area contributed by atoms with Crippen LogP contribution >= 0.6 is 0 Å². The van der Waals surface area contributed by atoms with Gasteiger partial charge >= 0.3 is 35.5 Å². The Kier molecular flexibility index (Phi) is 7.88. The number of alkyl halides is 1. The molecule has 4 rings (SSSR count). The number of carbonyl (C=O) groups excluding carboxylic acids is 4. The van der Waals surface area contributed by atoms with Gasteiger partial charge in [0.2, 0.25) is 5.78 Å². The first-order valence-electron chi connectivity index (χ1n) is 12.1. The second-order valence-corrected chi connectivity index (χ2v) is 11.1. The number of allylic oxidation sites excluding steroid dienone is 4. The third-order valence-electron chi connectivity index (χ3n) is 9.55. The molecule has 0 saturated heterocycles. The summed E-state index contributed by atoms with van der Waals surface area (Å²) in [6.07, 6.45) is 2.82. The number of aliphatic hydroxyl groups excluding tert-OH is 1. The summed E-state index contributed by atoms with van der Waals surface area (Å²) >= 11 is 0. The Morgan fingerprint density at radius 1 is 1.22 bits per heavy atom. The van der Waals surface area contributed by atoms with Crippen LogP contribution in [-0.4, -0.2) is 57.7 Å². The minimum absolute atomic E-state index is 0. The minimum atomic E-state index is -2.08. The molecule has 0 aromatic rings. The molecule has 0 aliphatic heterocycles. The van der Waals surface area contributed by atoms with Gasteiger partial charge in [0, 0.05) is 22.7 Å². The van der Waals surface area contributed by atoms with Crippen LogP contribution in [0.2, 0.25) is 0 Å². The van der Waals surface area contributed by atoms with Gasteiger partial charge in [-0.1, -0.05) is 25.5 Å². The zero-order chi connectivity index (χ0) is 26.0. The number of carbonyl (C=O) groups is 4. The number of ketones is 2. The zero-order valence-electron chi connectivity index (χ0n) is 21.2. The van der Waals surface area contributed by atoms with Crippen molar-refractivity contribution in [3.8, 4) is 0 Å². The Morgan fingerprint density at radius 2 is 1.89 bits per heavy atom. The van der Waals surface area contributed by atoms with Crippen molar-refractivity contribution in [3.63, 3.8) is 0 Å². The van der Waals surface area contributed by atoms with E-state index in [1.165, 1.54) is 12.2 Å². The van der Waals surface area contributed by atoms with E-state index in [0.29, 0.717) is 24.8 Å². The number of hydrogen-bond donors (Lipinski definition) is 2. The largest absolute Gasteiger partial charge is 1.00 e. The molecule has 0 radical (unpaired) electrons. The molecule has 4 aliphatic carbocycles. The Bertz CT molecular complexity index is 1040. The number of ether oxygens (including phenoxy) is 1. The summed E-state index contributed by atoms with van der Waals surface area (Å²) in [5.41, 5.74) is -5.75. The molecule has 2 N–H and O–H groups in total. The fraction of sp³-hybridized carbons (Fsp3) is 0.692. The first kappa shape index (κ1) is 29.2. The second kappa shape index (κ2) is 9.73. The van der Waals surface area contributed by atoms with Crippen molar-refractivity contribution in [2.24, 2.45) is 28.6 Å². The number of aliphatic hydroxyl groups is 2. The van der Waals surface area contributed by atoms with E-state index in [1.54, 1.807) is 26.8 Å². The van der Waals surface area contributed by atoms with Crippen molar-refractivity contribution < 1.29 is 73.2 Å². The Hall–Kier alpha value is -1.39. The van der Waals surface area contributed by atoms with Crippen LogP contribution in [-0.2, 0) is 23.9 Å². The molecule has 0 aromatic carbocycles.